The van der Waals surface area contributed by atoms with E-state index in [0.717, 1.165) is 10.0 Å². The molecule has 0 aliphatic rings. The van der Waals surface area contributed by atoms with E-state index < -0.39 is 0 Å². The van der Waals surface area contributed by atoms with Gasteiger partial charge in [0.1, 0.15) is 4.64 Å². The number of fused-ring (bicyclic) bond motifs is 1. The second-order valence-corrected chi connectivity index (χ2v) is 5.14. The van der Waals surface area contributed by atoms with Crippen molar-refractivity contribution in [2.24, 2.45) is 0 Å². The third kappa shape index (κ3) is 1.82. The molecule has 0 radical (unpaired) electrons. The Morgan fingerprint density at radius 3 is 2.40 bits per heavy atom. The van der Waals surface area contributed by atoms with Gasteiger partial charge in [-0.25, -0.2) is 0 Å². The zero-order valence-electron chi connectivity index (χ0n) is 9.32. The average Bonchev–Trinajstić information content (AvgIpc) is 2.16. The molecule has 1 heterocycles. The summed E-state index contributed by atoms with van der Waals surface area (Å²) >= 11 is 5.50. The number of hydrogen-bond donors (Lipinski definition) is 0. The molecule has 0 N–H and O–H groups in total. The monoisotopic (exact) mass is 217 g/mol. The Kier molecular flexibility index (Phi) is 2.39. The smallest absolute Gasteiger partial charge is 0.114 e. The first-order chi connectivity index (χ1) is 7.00. The zero-order chi connectivity index (χ0) is 11.1. The van der Waals surface area contributed by atoms with Crippen LogP contribution in [0.15, 0.2) is 36.5 Å². The third-order valence-corrected chi connectivity index (χ3v) is 2.95. The summed E-state index contributed by atoms with van der Waals surface area (Å²) in [7, 11) is 0. The van der Waals surface area contributed by atoms with E-state index >= 15 is 0 Å². The Balaban J connectivity index is 2.83. The van der Waals surface area contributed by atoms with Crippen LogP contribution in [0.4, 0.5) is 0 Å². The standard InChI is InChI=1S/C13H15NS/c1-13(2,3)14-9-8-10-6-4-5-7-11(10)12(14)15/h4-9H,1-3H3. The molecule has 0 bridgehead atoms. The highest BCUT2D eigenvalue weighted by atomic mass is 32.1. The summed E-state index contributed by atoms with van der Waals surface area (Å²) in [5, 5.41) is 2.37. The van der Waals surface area contributed by atoms with Crippen LogP contribution in [0.1, 0.15) is 20.8 Å². The molecule has 0 aliphatic heterocycles. The first kappa shape index (κ1) is 10.4. The molecule has 78 valence electrons. The highest BCUT2D eigenvalue weighted by Gasteiger charge is 2.13. The summed E-state index contributed by atoms with van der Waals surface area (Å²) in [4.78, 5) is 0. The summed E-state index contributed by atoms with van der Waals surface area (Å²) in [6, 6.07) is 10.4. The summed E-state index contributed by atoms with van der Waals surface area (Å²) in [6.45, 7) is 6.49. The quantitative estimate of drug-likeness (QED) is 0.601. The van der Waals surface area contributed by atoms with Gasteiger partial charge in [0.05, 0.1) is 0 Å². The number of benzene rings is 1. The Bertz CT molecular complexity index is 546. The summed E-state index contributed by atoms with van der Waals surface area (Å²) in [6.07, 6.45) is 2.07. The lowest BCUT2D eigenvalue weighted by Gasteiger charge is -2.24. The predicted octanol–water partition coefficient (Wildman–Crippen LogP) is 4.13. The number of nitrogens with zero attached hydrogens (tertiary/aromatic N) is 1. The fourth-order valence-corrected chi connectivity index (χ4v) is 2.24. The van der Waals surface area contributed by atoms with Gasteiger partial charge in [-0.2, -0.15) is 0 Å². The first-order valence-corrected chi connectivity index (χ1v) is 5.52. The fraction of sp³-hybridized carbons (Fsp3) is 0.308. The van der Waals surface area contributed by atoms with Gasteiger partial charge in [0.2, 0.25) is 0 Å². The molecule has 2 aromatic rings. The van der Waals surface area contributed by atoms with E-state index in [1.54, 1.807) is 0 Å². The van der Waals surface area contributed by atoms with Crippen LogP contribution in [-0.4, -0.2) is 4.57 Å². The van der Waals surface area contributed by atoms with Crippen LogP contribution in [-0.2, 0) is 5.54 Å². The van der Waals surface area contributed by atoms with Crippen LogP contribution >= 0.6 is 12.2 Å². The molecule has 2 rings (SSSR count). The second-order valence-electron chi connectivity index (χ2n) is 4.75. The maximum atomic E-state index is 5.50. The maximum Gasteiger partial charge on any atom is 0.114 e. The third-order valence-electron chi connectivity index (χ3n) is 2.54. The van der Waals surface area contributed by atoms with Gasteiger partial charge in [0.25, 0.3) is 0 Å². The predicted molar refractivity (Wildman–Crippen MR) is 67.8 cm³/mol. The molecule has 0 unspecified atom stereocenters. The topological polar surface area (TPSA) is 4.93 Å². The molecule has 0 amide bonds. The minimum absolute atomic E-state index is 0.0428. The van der Waals surface area contributed by atoms with Crippen LogP contribution in [0.2, 0.25) is 0 Å². The highest BCUT2D eigenvalue weighted by Crippen LogP contribution is 2.21. The largest absolute Gasteiger partial charge is 0.333 e. The lowest BCUT2D eigenvalue weighted by molar-refractivity contribution is 0.392. The van der Waals surface area contributed by atoms with Crippen molar-refractivity contribution in [2.75, 3.05) is 0 Å². The van der Waals surface area contributed by atoms with Crippen LogP contribution in [0.3, 0.4) is 0 Å². The van der Waals surface area contributed by atoms with E-state index in [0.29, 0.717) is 0 Å². The molecule has 0 saturated heterocycles. The van der Waals surface area contributed by atoms with Crippen molar-refractivity contribution >= 4 is 23.0 Å². The highest BCUT2D eigenvalue weighted by molar-refractivity contribution is 7.71. The normalized spacial score (nSPS) is 11.9. The van der Waals surface area contributed by atoms with Gasteiger partial charge in [-0.15, -0.1) is 0 Å². The first-order valence-electron chi connectivity index (χ1n) is 5.11. The minimum atomic E-state index is 0.0428. The molecular weight excluding hydrogens is 202 g/mol. The van der Waals surface area contributed by atoms with Crippen molar-refractivity contribution in [2.45, 2.75) is 26.3 Å². The molecule has 2 heteroatoms. The van der Waals surface area contributed by atoms with E-state index in [1.807, 2.05) is 12.1 Å². The van der Waals surface area contributed by atoms with E-state index in [9.17, 15) is 0 Å². The van der Waals surface area contributed by atoms with Crippen molar-refractivity contribution in [3.05, 3.63) is 41.2 Å². The van der Waals surface area contributed by atoms with Gasteiger partial charge < -0.3 is 4.57 Å². The zero-order valence-corrected chi connectivity index (χ0v) is 10.1. The number of aromatic nitrogens is 1. The molecule has 0 atom stereocenters. The van der Waals surface area contributed by atoms with Crippen LogP contribution in [0.5, 0.6) is 0 Å². The van der Waals surface area contributed by atoms with Crippen molar-refractivity contribution in [1.29, 1.82) is 0 Å². The van der Waals surface area contributed by atoms with Crippen LogP contribution in [0.25, 0.3) is 10.8 Å². The molecule has 1 aromatic carbocycles. The Morgan fingerprint density at radius 2 is 1.73 bits per heavy atom. The number of pyridine rings is 1. The van der Waals surface area contributed by atoms with E-state index in [4.69, 9.17) is 12.2 Å². The van der Waals surface area contributed by atoms with Gasteiger partial charge in [-0.1, -0.05) is 36.5 Å². The Hall–Kier alpha value is -1.15. The van der Waals surface area contributed by atoms with Crippen LogP contribution < -0.4 is 0 Å². The van der Waals surface area contributed by atoms with Crippen molar-refractivity contribution < 1.29 is 0 Å². The molecule has 1 nitrogen and oxygen atoms in total. The lowest BCUT2D eigenvalue weighted by Crippen LogP contribution is -2.22. The molecule has 0 spiro atoms. The Labute approximate surface area is 95.4 Å². The SMILES string of the molecule is CC(C)(C)n1ccc2ccccc2c1=S. The van der Waals surface area contributed by atoms with Gasteiger partial charge in [-0.05, 0) is 32.2 Å². The molecule has 0 aliphatic carbocycles. The average molecular weight is 217 g/mol. The number of hydrogen-bond acceptors (Lipinski definition) is 1. The van der Waals surface area contributed by atoms with Gasteiger partial charge in [-0.3, -0.25) is 0 Å². The van der Waals surface area contributed by atoms with Gasteiger partial charge in [0, 0.05) is 17.1 Å². The van der Waals surface area contributed by atoms with Crippen LogP contribution in [0, 0.1) is 4.64 Å². The maximum absolute atomic E-state index is 5.50. The lowest BCUT2D eigenvalue weighted by atomic mass is 10.1. The molecule has 1 aromatic heterocycles. The van der Waals surface area contributed by atoms with E-state index in [2.05, 4.69) is 49.7 Å². The van der Waals surface area contributed by atoms with Gasteiger partial charge in [0.15, 0.2) is 0 Å². The van der Waals surface area contributed by atoms with Gasteiger partial charge >= 0.3 is 0 Å². The second kappa shape index (κ2) is 3.46. The van der Waals surface area contributed by atoms with Crippen molar-refractivity contribution in [1.82, 2.24) is 4.57 Å². The van der Waals surface area contributed by atoms with E-state index in [1.165, 1.54) is 5.39 Å². The minimum Gasteiger partial charge on any atom is -0.333 e. The Morgan fingerprint density at radius 1 is 1.07 bits per heavy atom. The summed E-state index contributed by atoms with van der Waals surface area (Å²) in [5.41, 5.74) is 0.0428. The van der Waals surface area contributed by atoms with Crippen molar-refractivity contribution in [3.8, 4) is 0 Å². The summed E-state index contributed by atoms with van der Waals surface area (Å²) in [5.74, 6) is 0. The summed E-state index contributed by atoms with van der Waals surface area (Å²) < 4.78 is 3.06. The van der Waals surface area contributed by atoms with Crippen molar-refractivity contribution in [3.63, 3.8) is 0 Å². The molecular formula is C13H15NS. The molecule has 0 fully saturated rings. The van der Waals surface area contributed by atoms with E-state index in [-0.39, 0.29) is 5.54 Å². The molecule has 15 heavy (non-hydrogen) atoms. The number of rotatable bonds is 0. The fourth-order valence-electron chi connectivity index (χ4n) is 1.72. The molecule has 0 saturated carbocycles.